The third-order valence-electron chi connectivity index (χ3n) is 2.98. The monoisotopic (exact) mass is 275 g/mol. The van der Waals surface area contributed by atoms with Gasteiger partial charge in [0.2, 0.25) is 5.88 Å². The normalized spacial score (nSPS) is 10.1. The molecule has 0 fully saturated rings. The summed E-state index contributed by atoms with van der Waals surface area (Å²) in [6.45, 7) is 0. The summed E-state index contributed by atoms with van der Waals surface area (Å²) in [6.07, 6.45) is 0. The summed E-state index contributed by atoms with van der Waals surface area (Å²) in [5.41, 5.74) is 2.58. The van der Waals surface area contributed by atoms with Gasteiger partial charge in [-0.1, -0.05) is 60.7 Å². The number of benzene rings is 2. The predicted molar refractivity (Wildman–Crippen MR) is 81.5 cm³/mol. The Morgan fingerprint density at radius 2 is 1.43 bits per heavy atom. The minimum atomic E-state index is 0.296. The maximum atomic E-state index is 8.83. The lowest BCUT2D eigenvalue weighted by molar-refractivity contribution is 0.443. The average molecular weight is 275 g/mol. The van der Waals surface area contributed by atoms with Gasteiger partial charge in [0.05, 0.1) is 5.69 Å². The van der Waals surface area contributed by atoms with Crippen LogP contribution in [0.3, 0.4) is 0 Å². The van der Waals surface area contributed by atoms with Crippen LogP contribution in [0.5, 0.6) is 5.88 Å². The van der Waals surface area contributed by atoms with Gasteiger partial charge in [-0.25, -0.2) is 4.98 Å². The van der Waals surface area contributed by atoms with Gasteiger partial charge in [0.25, 0.3) is 0 Å². The van der Waals surface area contributed by atoms with Crippen molar-refractivity contribution in [1.29, 1.82) is 0 Å². The van der Waals surface area contributed by atoms with E-state index < -0.39 is 0 Å². The Hall–Kier alpha value is -2.66. The molecule has 0 saturated heterocycles. The fourth-order valence-electron chi connectivity index (χ4n) is 2.01. The third kappa shape index (κ3) is 3.09. The first-order valence-corrected chi connectivity index (χ1v) is 6.49. The quantitative estimate of drug-likeness (QED) is 0.744. The van der Waals surface area contributed by atoms with Crippen LogP contribution in [0.1, 0.15) is 0 Å². The zero-order chi connectivity index (χ0) is 14.5. The first-order valence-electron chi connectivity index (χ1n) is 6.49. The fraction of sp³-hybridized carbons (Fsp3) is 0. The molecule has 1 heterocycles. The van der Waals surface area contributed by atoms with E-state index in [4.69, 9.17) is 9.68 Å². The van der Waals surface area contributed by atoms with E-state index in [2.05, 4.69) is 9.97 Å². The van der Waals surface area contributed by atoms with Gasteiger partial charge >= 0.3 is 7.69 Å². The van der Waals surface area contributed by atoms with Crippen LogP contribution < -0.4 is 4.65 Å². The van der Waals surface area contributed by atoms with Crippen LogP contribution >= 0.6 is 0 Å². The minimum Gasteiger partial charge on any atom is -0.523 e. The molecule has 1 radical (unpaired) electrons. The van der Waals surface area contributed by atoms with Crippen molar-refractivity contribution in [3.8, 4) is 28.5 Å². The topological polar surface area (TPSA) is 55.2 Å². The molecule has 3 aromatic rings. The molecule has 0 aliphatic rings. The number of hydrogen-bond acceptors (Lipinski definition) is 4. The summed E-state index contributed by atoms with van der Waals surface area (Å²) in [5.74, 6) is 0.846. The van der Waals surface area contributed by atoms with Crippen LogP contribution in [0.2, 0.25) is 0 Å². The first-order chi connectivity index (χ1) is 10.4. The molecule has 0 amide bonds. The fourth-order valence-corrected chi connectivity index (χ4v) is 2.01. The van der Waals surface area contributed by atoms with E-state index in [0.717, 1.165) is 16.8 Å². The van der Waals surface area contributed by atoms with Gasteiger partial charge in [-0.3, -0.25) is 0 Å². The first kappa shape index (κ1) is 13.3. The van der Waals surface area contributed by atoms with Gasteiger partial charge in [0.15, 0.2) is 5.82 Å². The van der Waals surface area contributed by atoms with Gasteiger partial charge in [-0.2, -0.15) is 4.98 Å². The standard InChI is InChI=1S/C16H12BN2O2/c20-17-21-15-11-14(12-7-3-1-4-8-12)18-16(19-15)13-9-5-2-6-10-13/h1-11,20H. The van der Waals surface area contributed by atoms with E-state index in [9.17, 15) is 0 Å². The largest absolute Gasteiger partial charge is 0.570 e. The molecule has 0 bridgehead atoms. The zero-order valence-corrected chi connectivity index (χ0v) is 11.2. The van der Waals surface area contributed by atoms with Gasteiger partial charge in [0.1, 0.15) is 0 Å². The van der Waals surface area contributed by atoms with Crippen LogP contribution in [0, 0.1) is 0 Å². The molecular formula is C16H12BN2O2. The summed E-state index contributed by atoms with van der Waals surface area (Å²) < 4.78 is 5.01. The third-order valence-corrected chi connectivity index (χ3v) is 2.98. The van der Waals surface area contributed by atoms with Crippen LogP contribution in [-0.2, 0) is 0 Å². The molecule has 4 nitrogen and oxygen atoms in total. The summed E-state index contributed by atoms with van der Waals surface area (Å²) >= 11 is 0. The van der Waals surface area contributed by atoms with Gasteiger partial charge in [-0.05, 0) is 0 Å². The molecule has 1 N–H and O–H groups in total. The lowest BCUT2D eigenvalue weighted by atomic mass is 10.1. The highest BCUT2D eigenvalue weighted by Crippen LogP contribution is 2.24. The maximum Gasteiger partial charge on any atom is 0.570 e. The highest BCUT2D eigenvalue weighted by Gasteiger charge is 2.09. The van der Waals surface area contributed by atoms with Crippen molar-refractivity contribution >= 4 is 7.69 Å². The van der Waals surface area contributed by atoms with Crippen molar-refractivity contribution in [1.82, 2.24) is 9.97 Å². The number of rotatable bonds is 4. The predicted octanol–water partition coefficient (Wildman–Crippen LogP) is 2.72. The molecule has 1 aromatic heterocycles. The number of nitrogens with zero attached hydrogens (tertiary/aromatic N) is 2. The van der Waals surface area contributed by atoms with E-state index in [1.165, 1.54) is 0 Å². The molecule has 5 heteroatoms. The second-order valence-electron chi connectivity index (χ2n) is 4.37. The van der Waals surface area contributed by atoms with E-state index in [1.54, 1.807) is 6.07 Å². The lowest BCUT2D eigenvalue weighted by Crippen LogP contribution is -2.04. The van der Waals surface area contributed by atoms with Crippen molar-refractivity contribution in [3.05, 3.63) is 66.7 Å². The summed E-state index contributed by atoms with van der Waals surface area (Å²) in [7, 11) is 0.617. The van der Waals surface area contributed by atoms with Gasteiger partial charge < -0.3 is 9.68 Å². The van der Waals surface area contributed by atoms with E-state index >= 15 is 0 Å². The van der Waals surface area contributed by atoms with Gasteiger partial charge in [-0.15, -0.1) is 0 Å². The average Bonchev–Trinajstić information content (AvgIpc) is 2.56. The second-order valence-corrected chi connectivity index (χ2v) is 4.37. The summed E-state index contributed by atoms with van der Waals surface area (Å²) in [5, 5.41) is 8.83. The highest BCUT2D eigenvalue weighted by atomic mass is 16.5. The van der Waals surface area contributed by atoms with Crippen molar-refractivity contribution in [2.75, 3.05) is 0 Å². The molecule has 0 unspecified atom stereocenters. The Labute approximate surface area is 123 Å². The molecule has 0 aliphatic carbocycles. The van der Waals surface area contributed by atoms with Crippen molar-refractivity contribution in [3.63, 3.8) is 0 Å². The van der Waals surface area contributed by atoms with E-state index in [0.29, 0.717) is 19.4 Å². The SMILES string of the molecule is O[B]Oc1cc(-c2ccccc2)nc(-c2ccccc2)n1. The molecule has 0 atom stereocenters. The maximum absolute atomic E-state index is 8.83. The smallest absolute Gasteiger partial charge is 0.523 e. The molecule has 0 spiro atoms. The lowest BCUT2D eigenvalue weighted by Gasteiger charge is -2.08. The van der Waals surface area contributed by atoms with Crippen LogP contribution in [-0.4, -0.2) is 22.7 Å². The van der Waals surface area contributed by atoms with Crippen molar-refractivity contribution in [2.45, 2.75) is 0 Å². The molecule has 21 heavy (non-hydrogen) atoms. The summed E-state index contributed by atoms with van der Waals surface area (Å²) in [4.78, 5) is 8.86. The van der Waals surface area contributed by atoms with E-state index in [-0.39, 0.29) is 0 Å². The second kappa shape index (κ2) is 6.20. The number of hydrogen-bond donors (Lipinski definition) is 1. The minimum absolute atomic E-state index is 0.296. The molecule has 2 aromatic carbocycles. The number of aromatic nitrogens is 2. The Bertz CT molecular complexity index is 663. The molecule has 101 valence electrons. The molecule has 0 saturated carbocycles. The molecule has 0 aliphatic heterocycles. The molecular weight excluding hydrogens is 263 g/mol. The van der Waals surface area contributed by atoms with Gasteiger partial charge in [0, 0.05) is 17.2 Å². The van der Waals surface area contributed by atoms with Crippen LogP contribution in [0.25, 0.3) is 22.6 Å². The molecule has 3 rings (SSSR count). The zero-order valence-electron chi connectivity index (χ0n) is 11.2. The van der Waals surface area contributed by atoms with Crippen molar-refractivity contribution in [2.24, 2.45) is 0 Å². The highest BCUT2D eigenvalue weighted by molar-refractivity contribution is 6.17. The Morgan fingerprint density at radius 3 is 2.05 bits per heavy atom. The van der Waals surface area contributed by atoms with Crippen LogP contribution in [0.15, 0.2) is 66.7 Å². The van der Waals surface area contributed by atoms with Crippen molar-refractivity contribution < 1.29 is 9.68 Å². The Balaban J connectivity index is 2.11. The summed E-state index contributed by atoms with van der Waals surface area (Å²) in [6, 6.07) is 21.1. The Kier molecular flexibility index (Phi) is 3.93. The van der Waals surface area contributed by atoms with E-state index in [1.807, 2.05) is 60.7 Å². The Morgan fingerprint density at radius 1 is 0.810 bits per heavy atom. The van der Waals surface area contributed by atoms with Crippen LogP contribution in [0.4, 0.5) is 0 Å².